The minimum absolute atomic E-state index is 0.603. The minimum atomic E-state index is 0.603. The molecule has 0 N–H and O–H groups in total. The summed E-state index contributed by atoms with van der Waals surface area (Å²) in [6.45, 7) is 0. The predicted molar refractivity (Wildman–Crippen MR) is 55.2 cm³/mol. The van der Waals surface area contributed by atoms with E-state index >= 15 is 0 Å². The molecule has 1 aromatic carbocycles. The highest BCUT2D eigenvalue weighted by molar-refractivity contribution is 5.90. The van der Waals surface area contributed by atoms with Gasteiger partial charge in [0, 0.05) is 19.8 Å². The fraction of sp³-hybridized carbons (Fsp3) is 0.300. The van der Waals surface area contributed by atoms with E-state index in [1.54, 1.807) is 14.2 Å². The molecule has 0 heterocycles. The van der Waals surface area contributed by atoms with Crippen molar-refractivity contribution in [1.82, 2.24) is 0 Å². The molecule has 3 nitrogen and oxygen atoms in total. The number of rotatable bonds is 1. The first kappa shape index (κ1) is 9.58. The molecule has 0 saturated carbocycles. The molecule has 0 saturated heterocycles. The highest BCUT2D eigenvalue weighted by Crippen LogP contribution is 2.11. The number of amidine groups is 1. The molecule has 0 aromatic heterocycles. The number of methoxy groups -OCH3 is 1. The molecule has 0 aliphatic carbocycles. The molecular formula is C10H14N2O. The maximum atomic E-state index is 5.09. The molecule has 0 unspecified atom stereocenters. The van der Waals surface area contributed by atoms with Gasteiger partial charge in [-0.2, -0.15) is 0 Å². The summed E-state index contributed by atoms with van der Waals surface area (Å²) in [5.74, 6) is 0. The Bertz CT molecular complexity index is 282. The third-order valence-corrected chi connectivity index (χ3v) is 1.80. The molecule has 70 valence electrons. The van der Waals surface area contributed by atoms with Crippen LogP contribution in [0.15, 0.2) is 35.3 Å². The van der Waals surface area contributed by atoms with E-state index in [-0.39, 0.29) is 0 Å². The molecule has 0 aliphatic heterocycles. The smallest absolute Gasteiger partial charge is 0.291 e. The Hall–Kier alpha value is -1.51. The average molecular weight is 178 g/mol. The Balaban J connectivity index is 2.85. The zero-order chi connectivity index (χ0) is 9.68. The van der Waals surface area contributed by atoms with Crippen LogP contribution in [0.5, 0.6) is 0 Å². The lowest BCUT2D eigenvalue weighted by molar-refractivity contribution is 0.392. The van der Waals surface area contributed by atoms with E-state index in [4.69, 9.17) is 4.74 Å². The van der Waals surface area contributed by atoms with Gasteiger partial charge in [0.2, 0.25) is 0 Å². The summed E-state index contributed by atoms with van der Waals surface area (Å²) in [6, 6.07) is 10.6. The van der Waals surface area contributed by atoms with Crippen molar-refractivity contribution in [2.75, 3.05) is 26.1 Å². The summed E-state index contributed by atoms with van der Waals surface area (Å²) in [7, 11) is 5.24. The number of ether oxygens (including phenoxy) is 1. The molecule has 0 amide bonds. The average Bonchev–Trinajstić information content (AvgIpc) is 2.21. The Morgan fingerprint density at radius 3 is 2.38 bits per heavy atom. The van der Waals surface area contributed by atoms with Gasteiger partial charge in [0.25, 0.3) is 6.02 Å². The van der Waals surface area contributed by atoms with Gasteiger partial charge in [0.05, 0.1) is 7.11 Å². The van der Waals surface area contributed by atoms with E-state index in [0.717, 1.165) is 5.69 Å². The molecule has 13 heavy (non-hydrogen) atoms. The SMILES string of the molecule is C/N=C(\OC)N(C)c1ccccc1. The molecule has 0 spiro atoms. The van der Waals surface area contributed by atoms with Gasteiger partial charge in [-0.15, -0.1) is 0 Å². The van der Waals surface area contributed by atoms with Crippen molar-refractivity contribution in [2.24, 2.45) is 4.99 Å². The maximum Gasteiger partial charge on any atom is 0.291 e. The van der Waals surface area contributed by atoms with Crippen molar-refractivity contribution in [1.29, 1.82) is 0 Å². The van der Waals surface area contributed by atoms with E-state index in [2.05, 4.69) is 4.99 Å². The van der Waals surface area contributed by atoms with Crippen LogP contribution in [0.2, 0.25) is 0 Å². The van der Waals surface area contributed by atoms with Crippen LogP contribution in [0.4, 0.5) is 5.69 Å². The monoisotopic (exact) mass is 178 g/mol. The number of aliphatic imine (C=N–C) groups is 1. The van der Waals surface area contributed by atoms with Gasteiger partial charge in [0.15, 0.2) is 0 Å². The molecule has 0 atom stereocenters. The van der Waals surface area contributed by atoms with Crippen LogP contribution < -0.4 is 4.90 Å². The van der Waals surface area contributed by atoms with Crippen molar-refractivity contribution >= 4 is 11.7 Å². The second-order valence-electron chi connectivity index (χ2n) is 2.60. The normalized spacial score (nSPS) is 11.2. The van der Waals surface area contributed by atoms with Crippen molar-refractivity contribution in [2.45, 2.75) is 0 Å². The molecular weight excluding hydrogens is 164 g/mol. The Morgan fingerprint density at radius 1 is 1.31 bits per heavy atom. The number of benzene rings is 1. The highest BCUT2D eigenvalue weighted by Gasteiger charge is 2.06. The lowest BCUT2D eigenvalue weighted by Gasteiger charge is -2.18. The zero-order valence-corrected chi connectivity index (χ0v) is 8.19. The van der Waals surface area contributed by atoms with Crippen molar-refractivity contribution in [3.8, 4) is 0 Å². The third-order valence-electron chi connectivity index (χ3n) is 1.80. The second kappa shape index (κ2) is 4.50. The van der Waals surface area contributed by atoms with Crippen LogP contribution in [-0.4, -0.2) is 27.2 Å². The molecule has 0 aliphatic rings. The summed E-state index contributed by atoms with van der Waals surface area (Å²) in [5, 5.41) is 0. The minimum Gasteiger partial charge on any atom is -0.468 e. The summed E-state index contributed by atoms with van der Waals surface area (Å²) < 4.78 is 5.09. The molecule has 3 heteroatoms. The highest BCUT2D eigenvalue weighted by atomic mass is 16.5. The number of anilines is 1. The van der Waals surface area contributed by atoms with Gasteiger partial charge in [0.1, 0.15) is 0 Å². The van der Waals surface area contributed by atoms with Crippen LogP contribution >= 0.6 is 0 Å². The third kappa shape index (κ3) is 2.21. The summed E-state index contributed by atoms with van der Waals surface area (Å²) in [4.78, 5) is 5.89. The Labute approximate surface area is 78.7 Å². The first-order valence-corrected chi connectivity index (χ1v) is 4.09. The molecule has 0 fully saturated rings. The van der Waals surface area contributed by atoms with Crippen molar-refractivity contribution in [3.05, 3.63) is 30.3 Å². The zero-order valence-electron chi connectivity index (χ0n) is 8.19. The van der Waals surface area contributed by atoms with Crippen LogP contribution in [0.3, 0.4) is 0 Å². The number of hydrogen-bond acceptors (Lipinski definition) is 2. The maximum absolute atomic E-state index is 5.09. The summed E-state index contributed by atoms with van der Waals surface area (Å²) >= 11 is 0. The van der Waals surface area contributed by atoms with Gasteiger partial charge < -0.3 is 4.74 Å². The Morgan fingerprint density at radius 2 is 1.92 bits per heavy atom. The standard InChI is InChI=1S/C10H14N2O/c1-11-10(13-3)12(2)9-7-5-4-6-8-9/h4-8H,1-3H3/b11-10-. The molecule has 0 radical (unpaired) electrons. The fourth-order valence-corrected chi connectivity index (χ4v) is 1.14. The van der Waals surface area contributed by atoms with Crippen molar-refractivity contribution in [3.63, 3.8) is 0 Å². The summed E-state index contributed by atoms with van der Waals surface area (Å²) in [6.07, 6.45) is 0. The molecule has 0 bridgehead atoms. The van der Waals surface area contributed by atoms with Crippen molar-refractivity contribution < 1.29 is 4.74 Å². The number of hydrogen-bond donors (Lipinski definition) is 0. The fourth-order valence-electron chi connectivity index (χ4n) is 1.14. The quantitative estimate of drug-likeness (QED) is 0.483. The van der Waals surface area contributed by atoms with Gasteiger partial charge in [-0.05, 0) is 12.1 Å². The van der Waals surface area contributed by atoms with Gasteiger partial charge in [-0.25, -0.2) is 4.99 Å². The van der Waals surface area contributed by atoms with Gasteiger partial charge in [-0.1, -0.05) is 18.2 Å². The number of nitrogens with zero attached hydrogens (tertiary/aromatic N) is 2. The Kier molecular flexibility index (Phi) is 3.31. The van der Waals surface area contributed by atoms with Crippen LogP contribution in [0.1, 0.15) is 0 Å². The molecule has 1 rings (SSSR count). The van der Waals surface area contributed by atoms with E-state index < -0.39 is 0 Å². The van der Waals surface area contributed by atoms with Crippen LogP contribution in [-0.2, 0) is 4.74 Å². The van der Waals surface area contributed by atoms with E-state index in [0.29, 0.717) is 6.02 Å². The largest absolute Gasteiger partial charge is 0.468 e. The van der Waals surface area contributed by atoms with E-state index in [1.165, 1.54) is 0 Å². The van der Waals surface area contributed by atoms with Crippen LogP contribution in [0.25, 0.3) is 0 Å². The number of para-hydroxylation sites is 1. The first-order valence-electron chi connectivity index (χ1n) is 4.09. The van der Waals surface area contributed by atoms with Crippen LogP contribution in [0, 0.1) is 0 Å². The molecule has 1 aromatic rings. The lowest BCUT2D eigenvalue weighted by atomic mass is 10.3. The summed E-state index contributed by atoms with van der Waals surface area (Å²) in [5.41, 5.74) is 1.06. The lowest BCUT2D eigenvalue weighted by Crippen LogP contribution is -2.27. The second-order valence-corrected chi connectivity index (χ2v) is 2.60. The van der Waals surface area contributed by atoms with E-state index in [1.807, 2.05) is 42.3 Å². The first-order chi connectivity index (χ1) is 6.29. The van der Waals surface area contributed by atoms with Gasteiger partial charge >= 0.3 is 0 Å². The van der Waals surface area contributed by atoms with E-state index in [9.17, 15) is 0 Å². The topological polar surface area (TPSA) is 24.8 Å². The van der Waals surface area contributed by atoms with Gasteiger partial charge in [-0.3, -0.25) is 4.90 Å². The predicted octanol–water partition coefficient (Wildman–Crippen LogP) is 1.76.